The number of benzene rings is 2. The Hall–Kier alpha value is -2.27. The van der Waals surface area contributed by atoms with Gasteiger partial charge in [-0.25, -0.2) is 21.1 Å². The normalized spacial score (nSPS) is 23.6. The fourth-order valence-electron chi connectivity index (χ4n) is 4.94. The standard InChI is InChI=1S/C24H30N2O6S2/c1-25(2)33(28,29)21-13-8-9-18(15-21)17-32-24(27)23-16-19-10-6-7-14-22(19)26(23)34(30,31)20-11-4-3-5-12-20/h3-5,8-9,11-13,15,19,22-23H,6-7,10,14,16-17H2,1-2H3/t19-,22+,23+/m1/s1. The molecule has 2 fully saturated rings. The van der Waals surface area contributed by atoms with Crippen molar-refractivity contribution in [2.45, 2.75) is 60.6 Å². The van der Waals surface area contributed by atoms with Crippen LogP contribution in [0.1, 0.15) is 37.7 Å². The monoisotopic (exact) mass is 506 g/mol. The molecule has 1 heterocycles. The lowest BCUT2D eigenvalue weighted by molar-refractivity contribution is -0.149. The maximum Gasteiger partial charge on any atom is 0.324 e. The first-order chi connectivity index (χ1) is 16.1. The van der Waals surface area contributed by atoms with Crippen molar-refractivity contribution in [2.24, 2.45) is 5.92 Å². The zero-order valence-corrected chi connectivity index (χ0v) is 21.0. The Kier molecular flexibility index (Phi) is 7.14. The SMILES string of the molecule is CN(C)S(=O)(=O)c1cccc(COC(=O)[C@@H]2C[C@H]3CCCC[C@@H]3N2S(=O)(=O)c2ccccc2)c1. The largest absolute Gasteiger partial charge is 0.460 e. The molecule has 1 aliphatic heterocycles. The molecule has 0 bridgehead atoms. The van der Waals surface area contributed by atoms with Crippen molar-refractivity contribution in [3.05, 3.63) is 60.2 Å². The molecule has 1 aliphatic carbocycles. The highest BCUT2D eigenvalue weighted by Crippen LogP contribution is 2.43. The summed E-state index contributed by atoms with van der Waals surface area (Å²) in [6.45, 7) is -0.138. The Morgan fingerprint density at radius 1 is 0.971 bits per heavy atom. The first kappa shape index (κ1) is 24.8. The van der Waals surface area contributed by atoms with Crippen LogP contribution >= 0.6 is 0 Å². The van der Waals surface area contributed by atoms with Gasteiger partial charge in [0, 0.05) is 20.1 Å². The summed E-state index contributed by atoms with van der Waals surface area (Å²) in [7, 11) is -4.60. The summed E-state index contributed by atoms with van der Waals surface area (Å²) in [6.07, 6.45) is 4.00. The van der Waals surface area contributed by atoms with Crippen LogP contribution in [0.5, 0.6) is 0 Å². The van der Waals surface area contributed by atoms with E-state index in [1.54, 1.807) is 42.5 Å². The van der Waals surface area contributed by atoms with Gasteiger partial charge in [-0.15, -0.1) is 0 Å². The molecular formula is C24H30N2O6S2. The van der Waals surface area contributed by atoms with Gasteiger partial charge in [-0.1, -0.05) is 43.2 Å². The van der Waals surface area contributed by atoms with Gasteiger partial charge in [-0.05, 0) is 55.0 Å². The van der Waals surface area contributed by atoms with E-state index >= 15 is 0 Å². The van der Waals surface area contributed by atoms with Crippen molar-refractivity contribution < 1.29 is 26.4 Å². The summed E-state index contributed by atoms with van der Waals surface area (Å²) in [5, 5.41) is 0. The van der Waals surface area contributed by atoms with Gasteiger partial charge in [0.25, 0.3) is 0 Å². The van der Waals surface area contributed by atoms with Crippen LogP contribution in [0.2, 0.25) is 0 Å². The second kappa shape index (κ2) is 9.77. The van der Waals surface area contributed by atoms with E-state index in [1.807, 2.05) is 0 Å². The van der Waals surface area contributed by atoms with E-state index in [4.69, 9.17) is 4.74 Å². The number of esters is 1. The Bertz CT molecular complexity index is 1250. The van der Waals surface area contributed by atoms with E-state index < -0.39 is 32.1 Å². The van der Waals surface area contributed by atoms with Crippen LogP contribution in [-0.2, 0) is 36.2 Å². The minimum Gasteiger partial charge on any atom is -0.460 e. The molecule has 0 amide bonds. The van der Waals surface area contributed by atoms with Crippen molar-refractivity contribution in [3.8, 4) is 0 Å². The van der Waals surface area contributed by atoms with Crippen molar-refractivity contribution >= 4 is 26.0 Å². The van der Waals surface area contributed by atoms with E-state index in [2.05, 4.69) is 0 Å². The highest BCUT2D eigenvalue weighted by Gasteiger charge is 2.51. The predicted octanol–water partition coefficient (Wildman–Crippen LogP) is 3.00. The quantitative estimate of drug-likeness (QED) is 0.535. The van der Waals surface area contributed by atoms with Crippen LogP contribution in [0.25, 0.3) is 0 Å². The molecule has 3 atom stereocenters. The molecule has 2 aromatic carbocycles. The van der Waals surface area contributed by atoms with E-state index in [9.17, 15) is 21.6 Å². The van der Waals surface area contributed by atoms with Crippen molar-refractivity contribution in [1.82, 2.24) is 8.61 Å². The number of fused-ring (bicyclic) bond motifs is 1. The maximum atomic E-state index is 13.5. The second-order valence-corrected chi connectivity index (χ2v) is 13.0. The molecule has 184 valence electrons. The van der Waals surface area contributed by atoms with Crippen LogP contribution in [0, 0.1) is 5.92 Å². The van der Waals surface area contributed by atoms with Gasteiger partial charge in [0.15, 0.2) is 0 Å². The average Bonchev–Trinajstić information content (AvgIpc) is 3.24. The zero-order chi connectivity index (χ0) is 24.5. The highest BCUT2D eigenvalue weighted by molar-refractivity contribution is 7.89. The minimum atomic E-state index is -3.87. The molecule has 2 aliphatic rings. The van der Waals surface area contributed by atoms with E-state index in [0.29, 0.717) is 12.0 Å². The number of ether oxygens (including phenoxy) is 1. The maximum absolute atomic E-state index is 13.5. The van der Waals surface area contributed by atoms with Crippen LogP contribution in [0.15, 0.2) is 64.4 Å². The van der Waals surface area contributed by atoms with Gasteiger partial charge >= 0.3 is 5.97 Å². The molecule has 0 spiro atoms. The Balaban J connectivity index is 1.56. The Morgan fingerprint density at radius 2 is 1.65 bits per heavy atom. The summed E-state index contributed by atoms with van der Waals surface area (Å²) < 4.78 is 60.0. The summed E-state index contributed by atoms with van der Waals surface area (Å²) in [6, 6.07) is 13.3. The van der Waals surface area contributed by atoms with Gasteiger partial charge in [-0.3, -0.25) is 4.79 Å². The minimum absolute atomic E-state index is 0.103. The second-order valence-electron chi connectivity index (χ2n) is 9.05. The molecule has 34 heavy (non-hydrogen) atoms. The van der Waals surface area contributed by atoms with Crippen molar-refractivity contribution in [3.63, 3.8) is 0 Å². The number of carbonyl (C=O) groups is 1. The number of hydrogen-bond donors (Lipinski definition) is 0. The topological polar surface area (TPSA) is 101 Å². The van der Waals surface area contributed by atoms with E-state index in [1.165, 1.54) is 30.5 Å². The molecule has 4 rings (SSSR count). The summed E-state index contributed by atoms with van der Waals surface area (Å²) in [5.41, 5.74) is 0.518. The Morgan fingerprint density at radius 3 is 2.35 bits per heavy atom. The van der Waals surface area contributed by atoms with Gasteiger partial charge in [0.1, 0.15) is 12.6 Å². The number of nitrogens with zero attached hydrogens (tertiary/aromatic N) is 2. The van der Waals surface area contributed by atoms with Crippen LogP contribution in [0.3, 0.4) is 0 Å². The molecular weight excluding hydrogens is 476 g/mol. The molecule has 10 heteroatoms. The highest BCUT2D eigenvalue weighted by atomic mass is 32.2. The Labute approximate surface area is 201 Å². The third-order valence-electron chi connectivity index (χ3n) is 6.68. The number of rotatable bonds is 7. The van der Waals surface area contributed by atoms with Gasteiger partial charge in [0.05, 0.1) is 9.79 Å². The number of carbonyl (C=O) groups excluding carboxylic acids is 1. The van der Waals surface area contributed by atoms with Crippen LogP contribution in [0.4, 0.5) is 0 Å². The van der Waals surface area contributed by atoms with E-state index in [0.717, 1.165) is 30.0 Å². The molecule has 0 unspecified atom stereocenters. The third kappa shape index (κ3) is 4.77. The lowest BCUT2D eigenvalue weighted by atomic mass is 9.85. The molecule has 0 aromatic heterocycles. The van der Waals surface area contributed by atoms with Crippen molar-refractivity contribution in [2.75, 3.05) is 14.1 Å². The lowest BCUT2D eigenvalue weighted by Crippen LogP contribution is -2.46. The lowest BCUT2D eigenvalue weighted by Gasteiger charge is -2.32. The van der Waals surface area contributed by atoms with E-state index in [-0.39, 0.29) is 28.4 Å². The third-order valence-corrected chi connectivity index (χ3v) is 10.4. The molecule has 1 saturated carbocycles. The molecule has 8 nitrogen and oxygen atoms in total. The first-order valence-electron chi connectivity index (χ1n) is 11.4. The molecule has 1 saturated heterocycles. The summed E-state index contributed by atoms with van der Waals surface area (Å²) >= 11 is 0. The predicted molar refractivity (Wildman–Crippen MR) is 127 cm³/mol. The average molecular weight is 507 g/mol. The first-order valence-corrected chi connectivity index (χ1v) is 14.3. The molecule has 0 radical (unpaired) electrons. The molecule has 0 N–H and O–H groups in total. The van der Waals surface area contributed by atoms with Crippen LogP contribution < -0.4 is 0 Å². The smallest absolute Gasteiger partial charge is 0.324 e. The summed E-state index contributed by atoms with van der Waals surface area (Å²) in [4.78, 5) is 13.5. The fraction of sp³-hybridized carbons (Fsp3) is 0.458. The van der Waals surface area contributed by atoms with Gasteiger partial charge in [-0.2, -0.15) is 4.31 Å². The van der Waals surface area contributed by atoms with Crippen molar-refractivity contribution in [1.29, 1.82) is 0 Å². The fourth-order valence-corrected chi connectivity index (χ4v) is 7.80. The summed E-state index contributed by atoms with van der Waals surface area (Å²) in [5.74, 6) is -0.479. The number of hydrogen-bond acceptors (Lipinski definition) is 6. The van der Waals surface area contributed by atoms with Gasteiger partial charge < -0.3 is 4.74 Å². The zero-order valence-electron chi connectivity index (χ0n) is 19.3. The van der Waals surface area contributed by atoms with Crippen LogP contribution in [-0.4, -0.2) is 57.6 Å². The van der Waals surface area contributed by atoms with Gasteiger partial charge in [0.2, 0.25) is 20.0 Å². The number of sulfonamides is 2. The molecule has 2 aromatic rings.